The second kappa shape index (κ2) is 6.55. The van der Waals surface area contributed by atoms with E-state index in [4.69, 9.17) is 4.43 Å². The minimum Gasteiger partial charge on any atom is -0.414 e. The minimum absolute atomic E-state index is 0.109. The first kappa shape index (κ1) is 18.7. The number of benzene rings is 1. The minimum atomic E-state index is -1.76. The molecule has 0 bridgehead atoms. The maximum Gasteiger partial charge on any atom is 0.227 e. The molecule has 1 aromatic rings. The van der Waals surface area contributed by atoms with Gasteiger partial charge in [0, 0.05) is 24.8 Å². The van der Waals surface area contributed by atoms with Gasteiger partial charge in [-0.15, -0.1) is 0 Å². The molecule has 3 nitrogen and oxygen atoms in total. The van der Waals surface area contributed by atoms with Crippen LogP contribution in [0, 0.1) is 5.41 Å². The topological polar surface area (TPSA) is 29.5 Å². The first-order valence-electron chi connectivity index (χ1n) is 9.65. The van der Waals surface area contributed by atoms with Gasteiger partial charge in [0.15, 0.2) is 8.32 Å². The SMILES string of the molecule is CC(C)(C)[Si](C)(C)OC1CCCC2(CC(=O)N(c3ccccc3)C2)C1. The molecule has 25 heavy (non-hydrogen) atoms. The number of rotatable bonds is 3. The molecule has 2 aliphatic rings. The van der Waals surface area contributed by atoms with Crippen molar-refractivity contribution in [2.24, 2.45) is 5.41 Å². The fraction of sp³-hybridized carbons (Fsp3) is 0.667. The summed E-state index contributed by atoms with van der Waals surface area (Å²) < 4.78 is 6.72. The molecule has 2 fully saturated rings. The smallest absolute Gasteiger partial charge is 0.227 e. The lowest BCUT2D eigenvalue weighted by atomic mass is 9.72. The summed E-state index contributed by atoms with van der Waals surface area (Å²) in [6.45, 7) is 12.4. The molecular formula is C21H33NO2Si. The lowest BCUT2D eigenvalue weighted by molar-refractivity contribution is -0.118. The van der Waals surface area contributed by atoms with Gasteiger partial charge in [-0.3, -0.25) is 4.79 Å². The Kier molecular flexibility index (Phi) is 4.88. The number of carbonyl (C=O) groups is 1. The monoisotopic (exact) mass is 359 g/mol. The van der Waals surface area contributed by atoms with Gasteiger partial charge in [-0.1, -0.05) is 45.4 Å². The first-order valence-corrected chi connectivity index (χ1v) is 12.6. The summed E-state index contributed by atoms with van der Waals surface area (Å²) in [5.41, 5.74) is 1.15. The third kappa shape index (κ3) is 3.85. The largest absolute Gasteiger partial charge is 0.414 e. The number of para-hydroxylation sites is 1. The summed E-state index contributed by atoms with van der Waals surface area (Å²) in [6, 6.07) is 10.1. The maximum atomic E-state index is 12.7. The lowest BCUT2D eigenvalue weighted by Crippen LogP contribution is -2.46. The summed E-state index contributed by atoms with van der Waals surface area (Å²) in [5.74, 6) is 0.277. The van der Waals surface area contributed by atoms with E-state index in [1.807, 2.05) is 35.2 Å². The summed E-state index contributed by atoms with van der Waals surface area (Å²) in [4.78, 5) is 14.7. The second-order valence-corrected chi connectivity index (χ2v) is 14.3. The number of anilines is 1. The van der Waals surface area contributed by atoms with Crippen molar-refractivity contribution in [2.75, 3.05) is 11.4 Å². The molecule has 1 aromatic carbocycles. The molecule has 2 unspecified atom stereocenters. The molecule has 1 spiro atoms. The van der Waals surface area contributed by atoms with Crippen molar-refractivity contribution >= 4 is 19.9 Å². The Bertz CT molecular complexity index is 623. The van der Waals surface area contributed by atoms with Crippen LogP contribution in [0.4, 0.5) is 5.69 Å². The molecule has 1 aliphatic carbocycles. The van der Waals surface area contributed by atoms with Gasteiger partial charge in [-0.25, -0.2) is 0 Å². The third-order valence-electron chi connectivity index (χ3n) is 6.55. The Morgan fingerprint density at radius 1 is 1.20 bits per heavy atom. The van der Waals surface area contributed by atoms with E-state index in [0.29, 0.717) is 12.5 Å². The molecule has 2 atom stereocenters. The third-order valence-corrected chi connectivity index (χ3v) is 11.1. The first-order chi connectivity index (χ1) is 11.6. The zero-order valence-electron chi connectivity index (χ0n) is 16.5. The van der Waals surface area contributed by atoms with Gasteiger partial charge in [-0.05, 0) is 54.9 Å². The molecule has 1 saturated heterocycles. The van der Waals surface area contributed by atoms with E-state index >= 15 is 0 Å². The fourth-order valence-corrected chi connectivity index (χ4v) is 5.52. The predicted octanol–water partition coefficient (Wildman–Crippen LogP) is 5.37. The molecule has 4 heteroatoms. The number of amides is 1. The number of hydrogen-bond acceptors (Lipinski definition) is 2. The van der Waals surface area contributed by atoms with Crippen LogP contribution in [-0.4, -0.2) is 26.9 Å². The van der Waals surface area contributed by atoms with Gasteiger partial charge >= 0.3 is 0 Å². The summed E-state index contributed by atoms with van der Waals surface area (Å²) in [6.07, 6.45) is 5.51. The van der Waals surface area contributed by atoms with E-state index in [2.05, 4.69) is 33.9 Å². The van der Waals surface area contributed by atoms with Gasteiger partial charge in [0.25, 0.3) is 0 Å². The Hall–Kier alpha value is -1.13. The Balaban J connectivity index is 1.72. The van der Waals surface area contributed by atoms with Crippen molar-refractivity contribution < 1.29 is 9.22 Å². The molecule has 1 amide bonds. The molecule has 3 rings (SSSR count). The van der Waals surface area contributed by atoms with Crippen LogP contribution in [0.15, 0.2) is 30.3 Å². The van der Waals surface area contributed by atoms with Crippen LogP contribution in [0.5, 0.6) is 0 Å². The molecule has 138 valence electrons. The van der Waals surface area contributed by atoms with E-state index in [0.717, 1.165) is 31.5 Å². The number of nitrogens with zero attached hydrogens (tertiary/aromatic N) is 1. The van der Waals surface area contributed by atoms with Crippen molar-refractivity contribution in [3.63, 3.8) is 0 Å². The Labute approximate surface area is 153 Å². The van der Waals surface area contributed by atoms with E-state index in [-0.39, 0.29) is 16.4 Å². The van der Waals surface area contributed by atoms with Crippen LogP contribution in [0.3, 0.4) is 0 Å². The van der Waals surface area contributed by atoms with Crippen LogP contribution >= 0.6 is 0 Å². The van der Waals surface area contributed by atoms with Gasteiger partial charge in [0.05, 0.1) is 0 Å². The van der Waals surface area contributed by atoms with E-state index in [1.165, 1.54) is 6.42 Å². The average molecular weight is 360 g/mol. The molecular weight excluding hydrogens is 326 g/mol. The van der Waals surface area contributed by atoms with Crippen molar-refractivity contribution in [2.45, 2.75) is 77.1 Å². The van der Waals surface area contributed by atoms with Crippen LogP contribution < -0.4 is 4.90 Å². The zero-order chi connectivity index (χ0) is 18.3. The molecule has 1 aliphatic heterocycles. The van der Waals surface area contributed by atoms with Crippen LogP contribution in [0.25, 0.3) is 0 Å². The quantitative estimate of drug-likeness (QED) is 0.679. The highest BCUT2D eigenvalue weighted by Gasteiger charge is 2.48. The molecule has 1 heterocycles. The summed E-state index contributed by atoms with van der Waals surface area (Å²) >= 11 is 0. The van der Waals surface area contributed by atoms with Gasteiger partial charge in [0.1, 0.15) is 0 Å². The predicted molar refractivity (Wildman–Crippen MR) is 106 cm³/mol. The normalized spacial score (nSPS) is 28.0. The maximum absolute atomic E-state index is 12.7. The van der Waals surface area contributed by atoms with Crippen molar-refractivity contribution in [1.29, 1.82) is 0 Å². The number of hydrogen-bond donors (Lipinski definition) is 0. The molecule has 0 N–H and O–H groups in total. The standard InChI is InChI=1S/C21H33NO2Si/c1-20(2,3)25(4,5)24-18-12-9-13-21(14-18)15-19(23)22(16-21)17-10-7-6-8-11-17/h6-8,10-11,18H,9,12-16H2,1-5H3. The molecule has 0 aromatic heterocycles. The van der Waals surface area contributed by atoms with Crippen LogP contribution in [0.1, 0.15) is 52.9 Å². The molecule has 1 saturated carbocycles. The lowest BCUT2D eigenvalue weighted by Gasteiger charge is -2.44. The summed E-state index contributed by atoms with van der Waals surface area (Å²) in [5, 5.41) is 0.235. The average Bonchev–Trinajstić information content (AvgIpc) is 2.82. The van der Waals surface area contributed by atoms with Crippen molar-refractivity contribution in [3.05, 3.63) is 30.3 Å². The Morgan fingerprint density at radius 2 is 1.88 bits per heavy atom. The highest BCUT2D eigenvalue weighted by Crippen LogP contribution is 2.48. The van der Waals surface area contributed by atoms with E-state index in [1.54, 1.807) is 0 Å². The van der Waals surface area contributed by atoms with Crippen molar-refractivity contribution in [1.82, 2.24) is 0 Å². The Morgan fingerprint density at radius 3 is 2.52 bits per heavy atom. The van der Waals surface area contributed by atoms with Crippen molar-refractivity contribution in [3.8, 4) is 0 Å². The van der Waals surface area contributed by atoms with Gasteiger partial charge < -0.3 is 9.33 Å². The van der Waals surface area contributed by atoms with E-state index < -0.39 is 8.32 Å². The fourth-order valence-electron chi connectivity index (χ4n) is 4.13. The molecule has 0 radical (unpaired) electrons. The van der Waals surface area contributed by atoms with Gasteiger partial charge in [0.2, 0.25) is 5.91 Å². The van der Waals surface area contributed by atoms with E-state index in [9.17, 15) is 4.79 Å². The highest BCUT2D eigenvalue weighted by molar-refractivity contribution is 6.74. The van der Waals surface area contributed by atoms with Gasteiger partial charge in [-0.2, -0.15) is 0 Å². The highest BCUT2D eigenvalue weighted by atomic mass is 28.4. The zero-order valence-corrected chi connectivity index (χ0v) is 17.5. The second-order valence-electron chi connectivity index (χ2n) is 9.59. The van der Waals surface area contributed by atoms with Crippen LogP contribution in [-0.2, 0) is 9.22 Å². The number of carbonyl (C=O) groups excluding carboxylic acids is 1. The van der Waals surface area contributed by atoms with Crippen LogP contribution in [0.2, 0.25) is 18.1 Å². The summed E-state index contributed by atoms with van der Waals surface area (Å²) in [7, 11) is -1.76.